The number of hydrogen-bond donors (Lipinski definition) is 1. The van der Waals surface area contributed by atoms with Gasteiger partial charge in [0.05, 0.1) is 0 Å². The van der Waals surface area contributed by atoms with E-state index in [4.69, 9.17) is 5.73 Å². The van der Waals surface area contributed by atoms with E-state index >= 15 is 0 Å². The smallest absolute Gasteiger partial charge is 0.0408 e. The highest BCUT2D eigenvalue weighted by molar-refractivity contribution is 7.99. The molecular formula is C13H16N2S. The molecule has 1 heterocycles. The topological polar surface area (TPSA) is 38.9 Å². The summed E-state index contributed by atoms with van der Waals surface area (Å²) >= 11 is 1.87. The monoisotopic (exact) mass is 232 g/mol. The molecule has 1 aromatic heterocycles. The summed E-state index contributed by atoms with van der Waals surface area (Å²) in [7, 11) is 0. The second-order valence-electron chi connectivity index (χ2n) is 3.72. The van der Waals surface area contributed by atoms with E-state index in [1.165, 1.54) is 5.39 Å². The van der Waals surface area contributed by atoms with Gasteiger partial charge in [-0.05, 0) is 16.7 Å². The van der Waals surface area contributed by atoms with Gasteiger partial charge < -0.3 is 5.73 Å². The van der Waals surface area contributed by atoms with Crippen LogP contribution in [0.15, 0.2) is 36.7 Å². The molecule has 2 N–H and O–H groups in total. The van der Waals surface area contributed by atoms with Gasteiger partial charge >= 0.3 is 0 Å². The van der Waals surface area contributed by atoms with Crippen molar-refractivity contribution in [2.75, 3.05) is 11.5 Å². The Morgan fingerprint density at radius 1 is 1.31 bits per heavy atom. The van der Waals surface area contributed by atoms with Crippen LogP contribution in [0.1, 0.15) is 18.5 Å². The predicted molar refractivity (Wildman–Crippen MR) is 71.7 cm³/mol. The van der Waals surface area contributed by atoms with Crippen LogP contribution >= 0.6 is 11.8 Å². The largest absolute Gasteiger partial charge is 0.323 e. The molecule has 84 valence electrons. The first-order valence-electron chi connectivity index (χ1n) is 5.49. The normalized spacial score (nSPS) is 12.9. The minimum Gasteiger partial charge on any atom is -0.323 e. The highest BCUT2D eigenvalue weighted by Crippen LogP contribution is 2.23. The summed E-state index contributed by atoms with van der Waals surface area (Å²) in [4.78, 5) is 4.25. The molecule has 0 bridgehead atoms. The van der Waals surface area contributed by atoms with Crippen LogP contribution in [0.3, 0.4) is 0 Å². The molecule has 1 atom stereocenters. The Bertz CT molecular complexity index is 465. The van der Waals surface area contributed by atoms with Crippen LogP contribution in [0, 0.1) is 0 Å². The quantitative estimate of drug-likeness (QED) is 0.880. The molecule has 0 aliphatic heterocycles. The molecule has 3 heteroatoms. The van der Waals surface area contributed by atoms with Gasteiger partial charge in [0, 0.05) is 29.6 Å². The van der Waals surface area contributed by atoms with Crippen molar-refractivity contribution in [2.24, 2.45) is 5.73 Å². The summed E-state index contributed by atoms with van der Waals surface area (Å²) in [6.07, 6.45) is 3.78. The summed E-state index contributed by atoms with van der Waals surface area (Å²) < 4.78 is 0. The molecule has 0 saturated heterocycles. The van der Waals surface area contributed by atoms with E-state index < -0.39 is 0 Å². The van der Waals surface area contributed by atoms with E-state index in [1.54, 1.807) is 0 Å². The summed E-state index contributed by atoms with van der Waals surface area (Å²) in [5, 5.41) is 2.39. The number of fused-ring (bicyclic) bond motifs is 1. The highest BCUT2D eigenvalue weighted by atomic mass is 32.2. The van der Waals surface area contributed by atoms with Crippen LogP contribution in [0.4, 0.5) is 0 Å². The van der Waals surface area contributed by atoms with Crippen LogP contribution in [0.2, 0.25) is 0 Å². The van der Waals surface area contributed by atoms with Gasteiger partial charge in [0.1, 0.15) is 0 Å². The first-order chi connectivity index (χ1) is 7.83. The predicted octanol–water partition coefficient (Wildman–Crippen LogP) is 2.99. The molecule has 0 radical (unpaired) electrons. The van der Waals surface area contributed by atoms with Gasteiger partial charge in [-0.25, -0.2) is 0 Å². The van der Waals surface area contributed by atoms with Crippen LogP contribution in [-0.2, 0) is 0 Å². The molecule has 0 aliphatic rings. The average molecular weight is 232 g/mol. The van der Waals surface area contributed by atoms with E-state index in [-0.39, 0.29) is 6.04 Å². The molecule has 16 heavy (non-hydrogen) atoms. The second kappa shape index (κ2) is 5.32. The maximum Gasteiger partial charge on any atom is 0.0408 e. The molecule has 0 spiro atoms. The van der Waals surface area contributed by atoms with Crippen LogP contribution in [0.5, 0.6) is 0 Å². The van der Waals surface area contributed by atoms with E-state index in [0.717, 1.165) is 22.5 Å². The van der Waals surface area contributed by atoms with Crippen molar-refractivity contribution in [3.63, 3.8) is 0 Å². The lowest BCUT2D eigenvalue weighted by Gasteiger charge is -2.13. The number of nitrogens with zero attached hydrogens (tertiary/aromatic N) is 1. The molecule has 2 rings (SSSR count). The summed E-state index contributed by atoms with van der Waals surface area (Å²) in [6, 6.07) is 8.34. The fourth-order valence-electron chi connectivity index (χ4n) is 1.77. The first kappa shape index (κ1) is 11.4. The second-order valence-corrected chi connectivity index (χ2v) is 5.03. The number of rotatable bonds is 4. The SMILES string of the molecule is CCSCC(N)c1cncc2ccccc12. The Balaban J connectivity index is 2.36. The number of pyridine rings is 1. The zero-order valence-corrected chi connectivity index (χ0v) is 10.2. The van der Waals surface area contributed by atoms with Gasteiger partial charge in [-0.2, -0.15) is 11.8 Å². The zero-order valence-electron chi connectivity index (χ0n) is 9.39. The fourth-order valence-corrected chi connectivity index (χ4v) is 2.44. The minimum atomic E-state index is 0.0727. The number of aromatic nitrogens is 1. The van der Waals surface area contributed by atoms with Crippen molar-refractivity contribution in [1.29, 1.82) is 0 Å². The first-order valence-corrected chi connectivity index (χ1v) is 6.64. The van der Waals surface area contributed by atoms with Crippen molar-refractivity contribution in [1.82, 2.24) is 4.98 Å². The fraction of sp³-hybridized carbons (Fsp3) is 0.308. The van der Waals surface area contributed by atoms with Gasteiger partial charge in [0.25, 0.3) is 0 Å². The number of hydrogen-bond acceptors (Lipinski definition) is 3. The van der Waals surface area contributed by atoms with E-state index in [0.29, 0.717) is 0 Å². The summed E-state index contributed by atoms with van der Waals surface area (Å²) in [5.41, 5.74) is 7.34. The number of thioether (sulfide) groups is 1. The molecule has 0 fully saturated rings. The highest BCUT2D eigenvalue weighted by Gasteiger charge is 2.09. The van der Waals surface area contributed by atoms with Crippen molar-refractivity contribution < 1.29 is 0 Å². The Morgan fingerprint density at radius 2 is 2.12 bits per heavy atom. The lowest BCUT2D eigenvalue weighted by molar-refractivity contribution is 0.834. The Kier molecular flexibility index (Phi) is 3.80. The van der Waals surface area contributed by atoms with Gasteiger partial charge in [-0.15, -0.1) is 0 Å². The summed E-state index contributed by atoms with van der Waals surface area (Å²) in [6.45, 7) is 2.15. The third-order valence-electron chi connectivity index (χ3n) is 2.60. The lowest BCUT2D eigenvalue weighted by Crippen LogP contribution is -2.13. The minimum absolute atomic E-state index is 0.0727. The standard InChI is InChI=1S/C13H16N2S/c1-2-16-9-13(14)12-8-15-7-10-5-3-4-6-11(10)12/h3-8,13H,2,9,14H2,1H3. The van der Waals surface area contributed by atoms with Crippen LogP contribution in [0.25, 0.3) is 10.8 Å². The zero-order chi connectivity index (χ0) is 11.4. The van der Waals surface area contributed by atoms with Crippen molar-refractivity contribution in [3.05, 3.63) is 42.2 Å². The van der Waals surface area contributed by atoms with E-state index in [2.05, 4.69) is 24.0 Å². The number of benzene rings is 1. The van der Waals surface area contributed by atoms with Crippen molar-refractivity contribution in [3.8, 4) is 0 Å². The average Bonchev–Trinajstić information content (AvgIpc) is 2.35. The summed E-state index contributed by atoms with van der Waals surface area (Å²) in [5.74, 6) is 2.05. The number of nitrogens with two attached hydrogens (primary N) is 1. The van der Waals surface area contributed by atoms with E-state index in [9.17, 15) is 0 Å². The maximum absolute atomic E-state index is 6.19. The maximum atomic E-state index is 6.19. The van der Waals surface area contributed by atoms with Gasteiger partial charge in [0.2, 0.25) is 0 Å². The van der Waals surface area contributed by atoms with Gasteiger partial charge in [0.15, 0.2) is 0 Å². The molecule has 0 amide bonds. The van der Waals surface area contributed by atoms with Gasteiger partial charge in [-0.1, -0.05) is 31.2 Å². The van der Waals surface area contributed by atoms with Crippen molar-refractivity contribution >= 4 is 22.5 Å². The van der Waals surface area contributed by atoms with Gasteiger partial charge in [-0.3, -0.25) is 4.98 Å². The lowest BCUT2D eigenvalue weighted by atomic mass is 10.0. The molecule has 1 unspecified atom stereocenters. The van der Waals surface area contributed by atoms with Crippen LogP contribution in [-0.4, -0.2) is 16.5 Å². The Morgan fingerprint density at radius 3 is 2.94 bits per heavy atom. The Hall–Kier alpha value is -1.06. The molecule has 1 aromatic carbocycles. The Labute approximate surface area is 100 Å². The van der Waals surface area contributed by atoms with Crippen molar-refractivity contribution in [2.45, 2.75) is 13.0 Å². The third-order valence-corrected chi connectivity index (χ3v) is 3.60. The van der Waals surface area contributed by atoms with Crippen LogP contribution < -0.4 is 5.73 Å². The molecule has 2 aromatic rings. The molecule has 0 saturated carbocycles. The molecule has 0 aliphatic carbocycles. The molecular weight excluding hydrogens is 216 g/mol. The third kappa shape index (κ3) is 2.36. The molecule has 2 nitrogen and oxygen atoms in total. The van der Waals surface area contributed by atoms with E-state index in [1.807, 2.05) is 36.3 Å².